The van der Waals surface area contributed by atoms with E-state index in [9.17, 15) is 9.90 Å². The molecule has 96 valence electrons. The topological polar surface area (TPSA) is 75.4 Å². The second-order valence-electron chi connectivity index (χ2n) is 4.80. The first-order valence-electron chi connectivity index (χ1n) is 6.11. The molecular weight excluding hydrogens is 228 g/mol. The van der Waals surface area contributed by atoms with Gasteiger partial charge in [-0.1, -0.05) is 12.1 Å². The van der Waals surface area contributed by atoms with Gasteiger partial charge in [0.05, 0.1) is 5.60 Å². The number of benzene rings is 1. The molecule has 0 heterocycles. The highest BCUT2D eigenvalue weighted by Gasteiger charge is 2.34. The summed E-state index contributed by atoms with van der Waals surface area (Å²) in [6, 6.07) is 7.26. The number of nitrogens with two attached hydrogens (primary N) is 1. The van der Waals surface area contributed by atoms with Gasteiger partial charge in [-0.2, -0.15) is 0 Å². The van der Waals surface area contributed by atoms with E-state index in [-0.39, 0.29) is 5.91 Å². The Balaban J connectivity index is 1.81. The van der Waals surface area contributed by atoms with E-state index >= 15 is 0 Å². The summed E-state index contributed by atoms with van der Waals surface area (Å²) < 4.78 is 0. The molecule has 1 aliphatic rings. The minimum atomic E-state index is -0.676. The molecular formula is C14H18N2O2. The Morgan fingerprint density at radius 1 is 1.39 bits per heavy atom. The van der Waals surface area contributed by atoms with E-state index in [0.717, 1.165) is 24.8 Å². The molecule has 0 aromatic heterocycles. The first kappa shape index (κ1) is 12.6. The average Bonchev–Trinajstić information content (AvgIpc) is 2.33. The summed E-state index contributed by atoms with van der Waals surface area (Å²) in [5.74, 6) is -0.188. The summed E-state index contributed by atoms with van der Waals surface area (Å²) >= 11 is 0. The lowest BCUT2D eigenvalue weighted by Crippen LogP contribution is -2.47. The Kier molecular flexibility index (Phi) is 3.67. The molecule has 1 aromatic rings. The summed E-state index contributed by atoms with van der Waals surface area (Å²) in [7, 11) is 0. The predicted molar refractivity (Wildman–Crippen MR) is 71.7 cm³/mol. The Morgan fingerprint density at radius 2 is 2.06 bits per heavy atom. The van der Waals surface area contributed by atoms with Gasteiger partial charge in [0.25, 0.3) is 0 Å². The van der Waals surface area contributed by atoms with Crippen LogP contribution >= 0.6 is 0 Å². The van der Waals surface area contributed by atoms with Gasteiger partial charge >= 0.3 is 0 Å². The van der Waals surface area contributed by atoms with Crippen molar-refractivity contribution >= 4 is 17.7 Å². The molecule has 1 fully saturated rings. The SMILES string of the molecule is Nc1ccc(/C=C/C(=O)NCC2(O)CCC2)cc1. The Labute approximate surface area is 107 Å². The van der Waals surface area contributed by atoms with Crippen LogP contribution in [0.3, 0.4) is 0 Å². The van der Waals surface area contributed by atoms with Crippen LogP contribution in [0.2, 0.25) is 0 Å². The van der Waals surface area contributed by atoms with Gasteiger partial charge in [-0.05, 0) is 43.0 Å². The number of hydrogen-bond acceptors (Lipinski definition) is 3. The third-order valence-corrected chi connectivity index (χ3v) is 3.24. The van der Waals surface area contributed by atoms with Gasteiger partial charge in [0.2, 0.25) is 5.91 Å². The molecule has 4 heteroatoms. The molecule has 0 bridgehead atoms. The van der Waals surface area contributed by atoms with Gasteiger partial charge in [-0.25, -0.2) is 0 Å². The van der Waals surface area contributed by atoms with Crippen LogP contribution in [0.25, 0.3) is 6.08 Å². The van der Waals surface area contributed by atoms with Crippen LogP contribution in [0.4, 0.5) is 5.69 Å². The summed E-state index contributed by atoms with van der Waals surface area (Å²) in [5, 5.41) is 12.5. The number of nitrogens with one attached hydrogen (secondary N) is 1. The van der Waals surface area contributed by atoms with Gasteiger partial charge in [0, 0.05) is 18.3 Å². The minimum absolute atomic E-state index is 0.188. The maximum absolute atomic E-state index is 11.5. The standard InChI is InChI=1S/C14H18N2O2/c15-12-5-2-11(3-6-12)4-7-13(17)16-10-14(18)8-1-9-14/h2-7,18H,1,8-10,15H2,(H,16,17)/b7-4+. The third kappa shape index (κ3) is 3.34. The molecule has 0 saturated heterocycles. The van der Waals surface area contributed by atoms with Crippen LogP contribution in [0.15, 0.2) is 30.3 Å². The molecule has 18 heavy (non-hydrogen) atoms. The molecule has 0 radical (unpaired) electrons. The smallest absolute Gasteiger partial charge is 0.244 e. The fourth-order valence-corrected chi connectivity index (χ4v) is 1.85. The number of nitrogen functional groups attached to an aromatic ring is 1. The molecule has 0 aliphatic heterocycles. The molecule has 2 rings (SSSR count). The molecule has 1 saturated carbocycles. The van der Waals surface area contributed by atoms with Gasteiger partial charge in [-0.15, -0.1) is 0 Å². The van der Waals surface area contributed by atoms with Gasteiger partial charge in [0.15, 0.2) is 0 Å². The second-order valence-corrected chi connectivity index (χ2v) is 4.80. The monoisotopic (exact) mass is 246 g/mol. The summed E-state index contributed by atoms with van der Waals surface area (Å²) in [6.45, 7) is 0.331. The zero-order chi connectivity index (χ0) is 13.0. The molecule has 0 unspecified atom stereocenters. The summed E-state index contributed by atoms with van der Waals surface area (Å²) in [4.78, 5) is 11.5. The van der Waals surface area contributed by atoms with Crippen molar-refractivity contribution in [3.63, 3.8) is 0 Å². The van der Waals surface area contributed by atoms with Gasteiger partial charge < -0.3 is 16.2 Å². The fourth-order valence-electron chi connectivity index (χ4n) is 1.85. The normalized spacial score (nSPS) is 17.4. The molecule has 1 aliphatic carbocycles. The van der Waals surface area contributed by atoms with E-state index in [1.807, 2.05) is 12.1 Å². The Bertz CT molecular complexity index is 447. The number of carbonyl (C=O) groups is 1. The first-order valence-corrected chi connectivity index (χ1v) is 6.11. The lowest BCUT2D eigenvalue weighted by molar-refractivity contribution is -0.118. The second kappa shape index (κ2) is 5.23. The predicted octanol–water partition coefficient (Wildman–Crippen LogP) is 1.31. The number of rotatable bonds is 4. The lowest BCUT2D eigenvalue weighted by Gasteiger charge is -2.36. The first-order chi connectivity index (χ1) is 8.57. The van der Waals surface area contributed by atoms with E-state index < -0.39 is 5.60 Å². The van der Waals surface area contributed by atoms with Crippen LogP contribution < -0.4 is 11.1 Å². The van der Waals surface area contributed by atoms with E-state index in [1.165, 1.54) is 6.08 Å². The highest BCUT2D eigenvalue weighted by Crippen LogP contribution is 2.30. The van der Waals surface area contributed by atoms with Crippen molar-refractivity contribution in [3.05, 3.63) is 35.9 Å². The minimum Gasteiger partial charge on any atom is -0.399 e. The number of amides is 1. The van der Waals surface area contributed by atoms with Crippen LogP contribution in [0.1, 0.15) is 24.8 Å². The number of hydrogen-bond donors (Lipinski definition) is 3. The van der Waals surface area contributed by atoms with Crippen molar-refractivity contribution in [2.45, 2.75) is 24.9 Å². The third-order valence-electron chi connectivity index (χ3n) is 3.24. The Hall–Kier alpha value is -1.81. The van der Waals surface area contributed by atoms with Crippen LogP contribution in [-0.2, 0) is 4.79 Å². The van der Waals surface area contributed by atoms with Crippen LogP contribution in [0, 0.1) is 0 Å². The average molecular weight is 246 g/mol. The fraction of sp³-hybridized carbons (Fsp3) is 0.357. The molecule has 4 nitrogen and oxygen atoms in total. The number of carbonyl (C=O) groups excluding carboxylic acids is 1. The van der Waals surface area contributed by atoms with Crippen molar-refractivity contribution in [1.29, 1.82) is 0 Å². The number of anilines is 1. The molecule has 4 N–H and O–H groups in total. The quantitative estimate of drug-likeness (QED) is 0.554. The van der Waals surface area contributed by atoms with Crippen molar-refractivity contribution in [1.82, 2.24) is 5.32 Å². The maximum Gasteiger partial charge on any atom is 0.244 e. The molecule has 1 amide bonds. The van der Waals surface area contributed by atoms with E-state index in [0.29, 0.717) is 12.2 Å². The summed E-state index contributed by atoms with van der Waals surface area (Å²) in [6.07, 6.45) is 5.77. The van der Waals surface area contributed by atoms with Crippen LogP contribution in [-0.4, -0.2) is 23.2 Å². The molecule has 1 aromatic carbocycles. The van der Waals surface area contributed by atoms with Crippen molar-refractivity contribution in [2.24, 2.45) is 0 Å². The highest BCUT2D eigenvalue weighted by molar-refractivity contribution is 5.91. The van der Waals surface area contributed by atoms with E-state index in [1.54, 1.807) is 18.2 Å². The largest absolute Gasteiger partial charge is 0.399 e. The van der Waals surface area contributed by atoms with Crippen LogP contribution in [0.5, 0.6) is 0 Å². The van der Waals surface area contributed by atoms with E-state index in [4.69, 9.17) is 5.73 Å². The Morgan fingerprint density at radius 3 is 2.61 bits per heavy atom. The lowest BCUT2D eigenvalue weighted by atomic mass is 9.80. The maximum atomic E-state index is 11.5. The van der Waals surface area contributed by atoms with Crippen molar-refractivity contribution in [3.8, 4) is 0 Å². The van der Waals surface area contributed by atoms with Gasteiger partial charge in [0.1, 0.15) is 0 Å². The summed E-state index contributed by atoms with van der Waals surface area (Å²) in [5.41, 5.74) is 6.51. The van der Waals surface area contributed by atoms with Gasteiger partial charge in [-0.3, -0.25) is 4.79 Å². The highest BCUT2D eigenvalue weighted by atomic mass is 16.3. The number of aliphatic hydroxyl groups is 1. The zero-order valence-electron chi connectivity index (χ0n) is 10.2. The van der Waals surface area contributed by atoms with Crippen molar-refractivity contribution in [2.75, 3.05) is 12.3 Å². The molecule has 0 spiro atoms. The zero-order valence-corrected chi connectivity index (χ0v) is 10.2. The van der Waals surface area contributed by atoms with Crippen molar-refractivity contribution < 1.29 is 9.90 Å². The van der Waals surface area contributed by atoms with E-state index in [2.05, 4.69) is 5.32 Å². The molecule has 0 atom stereocenters.